The van der Waals surface area contributed by atoms with E-state index >= 15 is 0 Å². The molecule has 2 aromatic heterocycles. The Hall–Kier alpha value is -2.62. The van der Waals surface area contributed by atoms with Gasteiger partial charge in [-0.1, -0.05) is 24.7 Å². The number of piperidine rings is 1. The third-order valence-electron chi connectivity index (χ3n) is 8.60. The average molecular weight is 500 g/mol. The third kappa shape index (κ3) is 4.48. The van der Waals surface area contributed by atoms with Gasteiger partial charge < -0.3 is 9.64 Å². The molecule has 3 atom stereocenters. The summed E-state index contributed by atoms with van der Waals surface area (Å²) in [6.45, 7) is 0. The summed E-state index contributed by atoms with van der Waals surface area (Å²) in [4.78, 5) is 21.5. The fourth-order valence-electron chi connectivity index (χ4n) is 5.99. The van der Waals surface area contributed by atoms with Crippen LogP contribution < -0.4 is 10.3 Å². The molecule has 2 saturated heterocycles. The van der Waals surface area contributed by atoms with Crippen molar-refractivity contribution in [1.29, 1.82) is 0 Å². The number of rotatable bonds is 6. The van der Waals surface area contributed by atoms with Crippen molar-refractivity contribution in [3.05, 3.63) is 51.4 Å². The quantitative estimate of drug-likeness (QED) is 0.417. The van der Waals surface area contributed by atoms with Crippen molar-refractivity contribution >= 4 is 21.6 Å². The predicted octanol–water partition coefficient (Wildman–Crippen LogP) is 5.56. The SMILES string of the molecule is CN1[C@@H]2CC[C@H]1C[C@H](Oc1ccc(-n3cnc4cc(C#CC5CC5)sc4c3=O)cc1CCC1CC1)C2. The lowest BCUT2D eigenvalue weighted by Gasteiger charge is -2.36. The standard InChI is InChI=1S/C30H33N3O2S/c1-32-22-9-10-23(32)16-25(15-22)35-28-13-11-24(14-21(28)8-6-19-2-3-19)33-18-31-27-17-26(12-7-20-4-5-20)36-29(27)30(33)34/h11,13-14,17-20,22-23,25H,2-6,8-10,15-16H2,1H3/t22-,23+,25-. The first-order valence-electron chi connectivity index (χ1n) is 13.7. The Morgan fingerprint density at radius 1 is 1.08 bits per heavy atom. The van der Waals surface area contributed by atoms with Crippen molar-refractivity contribution in [1.82, 2.24) is 14.5 Å². The van der Waals surface area contributed by atoms with Crippen LogP contribution in [0, 0.1) is 23.7 Å². The van der Waals surface area contributed by atoms with Gasteiger partial charge in [0.05, 0.1) is 16.1 Å². The van der Waals surface area contributed by atoms with Crippen LogP contribution in [0.15, 0.2) is 35.4 Å². The van der Waals surface area contributed by atoms with Gasteiger partial charge in [-0.05, 0) is 94.2 Å². The van der Waals surface area contributed by atoms with Gasteiger partial charge in [0.1, 0.15) is 22.9 Å². The lowest BCUT2D eigenvalue weighted by atomic mass is 10.00. The highest BCUT2D eigenvalue weighted by Crippen LogP contribution is 2.38. The maximum atomic E-state index is 13.4. The molecular formula is C30H33N3O2S. The van der Waals surface area contributed by atoms with Crippen LogP contribution >= 0.6 is 11.3 Å². The van der Waals surface area contributed by atoms with E-state index < -0.39 is 0 Å². The van der Waals surface area contributed by atoms with Gasteiger partial charge in [0.2, 0.25) is 0 Å². The third-order valence-corrected chi connectivity index (χ3v) is 9.63. The van der Waals surface area contributed by atoms with Crippen molar-refractivity contribution in [2.45, 2.75) is 82.4 Å². The van der Waals surface area contributed by atoms with E-state index in [-0.39, 0.29) is 11.7 Å². The van der Waals surface area contributed by atoms with Crippen molar-refractivity contribution in [3.8, 4) is 23.3 Å². The number of hydrogen-bond acceptors (Lipinski definition) is 5. The molecule has 7 rings (SSSR count). The van der Waals surface area contributed by atoms with Crippen LogP contribution in [0.2, 0.25) is 0 Å². The fourth-order valence-corrected chi connectivity index (χ4v) is 6.89. The van der Waals surface area contributed by atoms with Gasteiger partial charge >= 0.3 is 0 Å². The van der Waals surface area contributed by atoms with E-state index in [9.17, 15) is 4.79 Å². The van der Waals surface area contributed by atoms with Gasteiger partial charge in [0.25, 0.3) is 5.56 Å². The Bertz CT molecular complexity index is 1410. The minimum atomic E-state index is -0.0156. The van der Waals surface area contributed by atoms with E-state index in [4.69, 9.17) is 4.74 Å². The molecule has 0 N–H and O–H groups in total. The largest absolute Gasteiger partial charge is 0.490 e. The summed E-state index contributed by atoms with van der Waals surface area (Å²) >= 11 is 1.46. The Morgan fingerprint density at radius 2 is 1.89 bits per heavy atom. The van der Waals surface area contributed by atoms with Crippen molar-refractivity contribution < 1.29 is 4.74 Å². The van der Waals surface area contributed by atoms with Gasteiger partial charge in [-0.3, -0.25) is 9.36 Å². The van der Waals surface area contributed by atoms with E-state index in [2.05, 4.69) is 40.9 Å². The molecule has 36 heavy (non-hydrogen) atoms. The number of fused-ring (bicyclic) bond motifs is 3. The highest BCUT2D eigenvalue weighted by molar-refractivity contribution is 7.19. The molecule has 0 unspecified atom stereocenters. The fraction of sp³-hybridized carbons (Fsp3) is 0.533. The molecule has 0 spiro atoms. The zero-order chi connectivity index (χ0) is 24.2. The highest BCUT2D eigenvalue weighted by atomic mass is 32.1. The average Bonchev–Trinajstić information content (AvgIpc) is 3.80. The number of nitrogens with zero attached hydrogens (tertiary/aromatic N) is 3. The van der Waals surface area contributed by atoms with E-state index in [0.29, 0.717) is 22.7 Å². The second kappa shape index (κ2) is 9.04. The number of benzene rings is 1. The zero-order valence-corrected chi connectivity index (χ0v) is 21.7. The van der Waals surface area contributed by atoms with E-state index in [1.54, 1.807) is 10.9 Å². The van der Waals surface area contributed by atoms with Crippen LogP contribution in [0.1, 0.15) is 68.2 Å². The topological polar surface area (TPSA) is 47.4 Å². The molecule has 0 amide bonds. The van der Waals surface area contributed by atoms with Crippen molar-refractivity contribution in [2.75, 3.05) is 7.05 Å². The van der Waals surface area contributed by atoms with Crippen LogP contribution in [-0.4, -0.2) is 39.7 Å². The molecule has 5 nitrogen and oxygen atoms in total. The lowest BCUT2D eigenvalue weighted by molar-refractivity contribution is 0.0655. The summed E-state index contributed by atoms with van der Waals surface area (Å²) in [6.07, 6.45) is 14.1. The number of aryl methyl sites for hydroxylation is 1. The molecule has 4 heterocycles. The molecule has 4 fully saturated rings. The van der Waals surface area contributed by atoms with Crippen molar-refractivity contribution in [3.63, 3.8) is 0 Å². The molecule has 2 aliphatic heterocycles. The van der Waals surface area contributed by atoms with Crippen LogP contribution in [0.3, 0.4) is 0 Å². The number of thiophene rings is 1. The second-order valence-electron chi connectivity index (χ2n) is 11.3. The molecule has 0 radical (unpaired) electrons. The Labute approximate surface area is 216 Å². The smallest absolute Gasteiger partial charge is 0.275 e. The van der Waals surface area contributed by atoms with E-state index in [1.807, 2.05) is 12.1 Å². The van der Waals surface area contributed by atoms with Crippen LogP contribution in [-0.2, 0) is 6.42 Å². The summed E-state index contributed by atoms with van der Waals surface area (Å²) < 4.78 is 9.04. The molecular weight excluding hydrogens is 466 g/mol. The number of aromatic nitrogens is 2. The predicted molar refractivity (Wildman–Crippen MR) is 144 cm³/mol. The second-order valence-corrected chi connectivity index (χ2v) is 12.4. The normalized spacial score (nSPS) is 25.6. The van der Waals surface area contributed by atoms with E-state index in [0.717, 1.165) is 47.0 Å². The monoisotopic (exact) mass is 499 g/mol. The summed E-state index contributed by atoms with van der Waals surface area (Å²) in [7, 11) is 2.27. The first-order valence-corrected chi connectivity index (χ1v) is 14.5. The molecule has 4 aliphatic rings. The minimum absolute atomic E-state index is 0.0156. The van der Waals surface area contributed by atoms with Crippen LogP contribution in [0.4, 0.5) is 0 Å². The Kier molecular flexibility index (Phi) is 5.67. The van der Waals surface area contributed by atoms with Gasteiger partial charge in [0.15, 0.2) is 0 Å². The summed E-state index contributed by atoms with van der Waals surface area (Å²) in [5.74, 6) is 8.93. The summed E-state index contributed by atoms with van der Waals surface area (Å²) in [6, 6.07) is 9.55. The van der Waals surface area contributed by atoms with Gasteiger partial charge in [0, 0.05) is 18.0 Å². The molecule has 2 saturated carbocycles. The Morgan fingerprint density at radius 3 is 2.64 bits per heavy atom. The molecule has 6 heteroatoms. The minimum Gasteiger partial charge on any atom is -0.490 e. The summed E-state index contributed by atoms with van der Waals surface area (Å²) in [5, 5.41) is 0. The maximum Gasteiger partial charge on any atom is 0.275 e. The highest BCUT2D eigenvalue weighted by Gasteiger charge is 2.39. The maximum absolute atomic E-state index is 13.4. The first kappa shape index (κ1) is 22.6. The van der Waals surface area contributed by atoms with Crippen molar-refractivity contribution in [2.24, 2.45) is 11.8 Å². The van der Waals surface area contributed by atoms with Crippen LogP contribution in [0.5, 0.6) is 5.75 Å². The molecule has 3 aromatic rings. The van der Waals surface area contributed by atoms with E-state index in [1.165, 1.54) is 61.8 Å². The van der Waals surface area contributed by atoms with Gasteiger partial charge in [-0.25, -0.2) is 4.98 Å². The van der Waals surface area contributed by atoms with Crippen LogP contribution in [0.25, 0.3) is 15.9 Å². The molecule has 186 valence electrons. The molecule has 1 aromatic carbocycles. The lowest BCUT2D eigenvalue weighted by Crippen LogP contribution is -2.43. The first-order chi connectivity index (χ1) is 17.6. The molecule has 2 bridgehead atoms. The zero-order valence-electron chi connectivity index (χ0n) is 20.9. The number of ether oxygens (including phenoxy) is 1. The number of hydrogen-bond donors (Lipinski definition) is 0. The van der Waals surface area contributed by atoms with Gasteiger partial charge in [-0.2, -0.15) is 0 Å². The Balaban J connectivity index is 1.18. The molecule has 2 aliphatic carbocycles. The van der Waals surface area contributed by atoms with Gasteiger partial charge in [-0.15, -0.1) is 11.3 Å². The summed E-state index contributed by atoms with van der Waals surface area (Å²) in [5.41, 5.74) is 2.82.